The van der Waals surface area contributed by atoms with Gasteiger partial charge in [0, 0.05) is 57.3 Å². The van der Waals surface area contributed by atoms with Crippen LogP contribution in [0.1, 0.15) is 57.1 Å². The highest BCUT2D eigenvalue weighted by molar-refractivity contribution is 5.76. The lowest BCUT2D eigenvalue weighted by Gasteiger charge is -2.41. The maximum absolute atomic E-state index is 13.1. The maximum Gasteiger partial charge on any atom is 0.433 e. The van der Waals surface area contributed by atoms with Gasteiger partial charge in [0.2, 0.25) is 5.91 Å². The summed E-state index contributed by atoms with van der Waals surface area (Å²) in [5.41, 5.74) is -0.878. The summed E-state index contributed by atoms with van der Waals surface area (Å²) in [6, 6.07) is 1.82. The molecule has 30 heavy (non-hydrogen) atoms. The van der Waals surface area contributed by atoms with Gasteiger partial charge in [0.05, 0.1) is 0 Å². The Kier molecular flexibility index (Phi) is 6.18. The average Bonchev–Trinajstić information content (AvgIpc) is 3.56. The summed E-state index contributed by atoms with van der Waals surface area (Å²) in [7, 11) is 1.91. The van der Waals surface area contributed by atoms with Gasteiger partial charge in [0.1, 0.15) is 17.8 Å². The number of hydrogen-bond donors (Lipinski definition) is 0. The van der Waals surface area contributed by atoms with Crippen molar-refractivity contribution >= 4 is 11.7 Å². The summed E-state index contributed by atoms with van der Waals surface area (Å²) in [6.45, 7) is 2.66. The number of hydrogen-bond acceptors (Lipinski definition) is 5. The molecule has 1 aromatic rings. The Labute approximate surface area is 175 Å². The van der Waals surface area contributed by atoms with E-state index in [1.165, 1.54) is 0 Å². The van der Waals surface area contributed by atoms with Crippen molar-refractivity contribution in [2.75, 3.05) is 31.6 Å². The van der Waals surface area contributed by atoms with Gasteiger partial charge in [-0.05, 0) is 38.5 Å². The molecule has 0 spiro atoms. The number of likely N-dealkylation sites (N-methyl/N-ethyl adjacent to an activating group) is 1. The summed E-state index contributed by atoms with van der Waals surface area (Å²) in [4.78, 5) is 26.2. The SMILES string of the molecule is CN1C(=O)CCCCC1CN1CCC(N(c2cc(C(F)(F)F)ncn2)C2CC2)CC1. The molecule has 4 rings (SSSR count). The number of piperidine rings is 1. The molecule has 1 saturated carbocycles. The van der Waals surface area contributed by atoms with Crippen LogP contribution in [0.15, 0.2) is 12.4 Å². The number of likely N-dealkylation sites (tertiary alicyclic amines) is 2. The molecule has 0 bridgehead atoms. The van der Waals surface area contributed by atoms with Crippen molar-refractivity contribution in [3.63, 3.8) is 0 Å². The zero-order valence-corrected chi connectivity index (χ0v) is 17.4. The first-order chi connectivity index (χ1) is 14.3. The Morgan fingerprint density at radius 2 is 1.77 bits per heavy atom. The first kappa shape index (κ1) is 21.3. The summed E-state index contributed by atoms with van der Waals surface area (Å²) in [6.07, 6.45) is 4.10. The highest BCUT2D eigenvalue weighted by atomic mass is 19.4. The van der Waals surface area contributed by atoms with E-state index >= 15 is 0 Å². The number of aromatic nitrogens is 2. The monoisotopic (exact) mass is 425 g/mol. The Hall–Kier alpha value is -1.90. The van der Waals surface area contributed by atoms with Crippen LogP contribution in [0, 0.1) is 0 Å². The molecule has 1 unspecified atom stereocenters. The van der Waals surface area contributed by atoms with Gasteiger partial charge in [0.25, 0.3) is 0 Å². The van der Waals surface area contributed by atoms with Crippen LogP contribution >= 0.6 is 0 Å². The molecular formula is C21H30F3N5O. The van der Waals surface area contributed by atoms with E-state index in [9.17, 15) is 18.0 Å². The number of amides is 1. The van der Waals surface area contributed by atoms with Crippen molar-refractivity contribution in [3.8, 4) is 0 Å². The number of halogens is 3. The van der Waals surface area contributed by atoms with Crippen LogP contribution in [-0.2, 0) is 11.0 Å². The van der Waals surface area contributed by atoms with Crippen molar-refractivity contribution in [1.29, 1.82) is 0 Å². The number of alkyl halides is 3. The normalized spacial score (nSPS) is 24.7. The van der Waals surface area contributed by atoms with Crippen LogP contribution in [-0.4, -0.2) is 70.5 Å². The molecule has 2 aliphatic heterocycles. The van der Waals surface area contributed by atoms with Crippen LogP contribution < -0.4 is 4.90 Å². The molecule has 1 aromatic heterocycles. The molecule has 6 nitrogen and oxygen atoms in total. The molecule has 3 heterocycles. The van der Waals surface area contributed by atoms with E-state index in [0.717, 1.165) is 77.0 Å². The second-order valence-electron chi connectivity index (χ2n) is 8.83. The summed E-state index contributed by atoms with van der Waals surface area (Å²) in [5.74, 6) is 0.629. The van der Waals surface area contributed by atoms with E-state index < -0.39 is 11.9 Å². The van der Waals surface area contributed by atoms with E-state index in [2.05, 4.69) is 19.8 Å². The lowest BCUT2D eigenvalue weighted by atomic mass is 10.0. The predicted molar refractivity (Wildman–Crippen MR) is 107 cm³/mol. The van der Waals surface area contributed by atoms with Gasteiger partial charge in [-0.2, -0.15) is 13.2 Å². The summed E-state index contributed by atoms with van der Waals surface area (Å²) >= 11 is 0. The fraction of sp³-hybridized carbons (Fsp3) is 0.762. The molecule has 0 radical (unpaired) electrons. The molecule has 9 heteroatoms. The minimum Gasteiger partial charge on any atom is -0.350 e. The number of rotatable bonds is 5. The van der Waals surface area contributed by atoms with Crippen LogP contribution in [0.2, 0.25) is 0 Å². The highest BCUT2D eigenvalue weighted by Gasteiger charge is 2.39. The quantitative estimate of drug-likeness (QED) is 0.724. The lowest BCUT2D eigenvalue weighted by Crippen LogP contribution is -2.50. The van der Waals surface area contributed by atoms with Crippen LogP contribution in [0.4, 0.5) is 19.0 Å². The molecule has 166 valence electrons. The molecule has 1 aliphatic carbocycles. The number of carbonyl (C=O) groups excluding carboxylic acids is 1. The average molecular weight is 425 g/mol. The Balaban J connectivity index is 1.39. The zero-order chi connectivity index (χ0) is 21.3. The second kappa shape index (κ2) is 8.69. The fourth-order valence-corrected chi connectivity index (χ4v) is 4.79. The van der Waals surface area contributed by atoms with Gasteiger partial charge in [-0.15, -0.1) is 0 Å². The Morgan fingerprint density at radius 3 is 2.43 bits per heavy atom. The third kappa shape index (κ3) is 4.87. The number of carbonyl (C=O) groups is 1. The Morgan fingerprint density at radius 1 is 1.07 bits per heavy atom. The van der Waals surface area contributed by atoms with E-state index in [1.54, 1.807) is 0 Å². The topological polar surface area (TPSA) is 52.6 Å². The Bertz CT molecular complexity index is 746. The van der Waals surface area contributed by atoms with Crippen LogP contribution in [0.5, 0.6) is 0 Å². The van der Waals surface area contributed by atoms with Crippen molar-refractivity contribution in [3.05, 3.63) is 18.1 Å². The van der Waals surface area contributed by atoms with E-state index in [0.29, 0.717) is 12.2 Å². The molecular weight excluding hydrogens is 395 g/mol. The minimum absolute atomic E-state index is 0.193. The second-order valence-corrected chi connectivity index (χ2v) is 8.83. The summed E-state index contributed by atoms with van der Waals surface area (Å²) < 4.78 is 39.3. The number of nitrogens with zero attached hydrogens (tertiary/aromatic N) is 5. The highest BCUT2D eigenvalue weighted by Crippen LogP contribution is 2.37. The van der Waals surface area contributed by atoms with E-state index in [4.69, 9.17) is 0 Å². The molecule has 2 saturated heterocycles. The van der Waals surface area contributed by atoms with Gasteiger partial charge < -0.3 is 14.7 Å². The molecule has 1 amide bonds. The van der Waals surface area contributed by atoms with Gasteiger partial charge >= 0.3 is 6.18 Å². The first-order valence-electron chi connectivity index (χ1n) is 11.0. The molecule has 0 N–H and O–H groups in total. The molecule has 3 fully saturated rings. The minimum atomic E-state index is -4.46. The first-order valence-corrected chi connectivity index (χ1v) is 11.0. The third-order valence-electron chi connectivity index (χ3n) is 6.69. The fourth-order valence-electron chi connectivity index (χ4n) is 4.79. The van der Waals surface area contributed by atoms with Crippen molar-refractivity contribution in [1.82, 2.24) is 19.8 Å². The van der Waals surface area contributed by atoms with Crippen molar-refractivity contribution in [2.45, 2.75) is 75.7 Å². The molecule has 0 aromatic carbocycles. The largest absolute Gasteiger partial charge is 0.433 e. The van der Waals surface area contributed by atoms with E-state index in [1.807, 2.05) is 11.9 Å². The van der Waals surface area contributed by atoms with Crippen LogP contribution in [0.25, 0.3) is 0 Å². The molecule has 3 aliphatic rings. The lowest BCUT2D eigenvalue weighted by molar-refractivity contribution is -0.141. The van der Waals surface area contributed by atoms with Crippen molar-refractivity contribution in [2.24, 2.45) is 0 Å². The predicted octanol–water partition coefficient (Wildman–Crippen LogP) is 3.33. The van der Waals surface area contributed by atoms with Gasteiger partial charge in [-0.3, -0.25) is 4.79 Å². The third-order valence-corrected chi connectivity index (χ3v) is 6.69. The van der Waals surface area contributed by atoms with E-state index in [-0.39, 0.29) is 24.0 Å². The zero-order valence-electron chi connectivity index (χ0n) is 17.4. The van der Waals surface area contributed by atoms with Gasteiger partial charge in [-0.25, -0.2) is 9.97 Å². The van der Waals surface area contributed by atoms with Gasteiger partial charge in [-0.1, -0.05) is 6.42 Å². The number of anilines is 1. The maximum atomic E-state index is 13.1. The smallest absolute Gasteiger partial charge is 0.350 e. The van der Waals surface area contributed by atoms with Crippen molar-refractivity contribution < 1.29 is 18.0 Å². The van der Waals surface area contributed by atoms with Gasteiger partial charge in [0.15, 0.2) is 0 Å². The van der Waals surface area contributed by atoms with Crippen LogP contribution in [0.3, 0.4) is 0 Å². The molecule has 1 atom stereocenters. The standard InChI is InChI=1S/C21H30F3N5O/c1-27-17(4-2-3-5-20(27)30)13-28-10-8-16(9-11-28)29(15-6-7-15)19-12-18(21(22,23)24)25-14-26-19/h12,14-17H,2-11,13H2,1H3. The summed E-state index contributed by atoms with van der Waals surface area (Å²) in [5, 5.41) is 0.